The van der Waals surface area contributed by atoms with E-state index in [9.17, 15) is 17.6 Å². The summed E-state index contributed by atoms with van der Waals surface area (Å²) in [5, 5.41) is -0.336. The molecule has 0 aliphatic carbocycles. The maximum atomic E-state index is 13.3. The summed E-state index contributed by atoms with van der Waals surface area (Å²) in [4.78, 5) is 12.8. The zero-order valence-corrected chi connectivity index (χ0v) is 11.5. The first kappa shape index (κ1) is 14.0. The molecule has 0 N–H and O–H groups in total. The summed E-state index contributed by atoms with van der Waals surface area (Å²) in [6, 6.07) is 4.02. The number of hydrogen-bond acceptors (Lipinski definition) is 4. The van der Waals surface area contributed by atoms with Crippen LogP contribution in [0.3, 0.4) is 0 Å². The molecule has 0 radical (unpaired) electrons. The molecule has 0 amide bonds. The lowest BCUT2D eigenvalue weighted by molar-refractivity contribution is 0.112. The molecule has 1 fully saturated rings. The third kappa shape index (κ3) is 3.12. The number of aldehydes is 1. The summed E-state index contributed by atoms with van der Waals surface area (Å²) < 4.78 is 36.2. The van der Waals surface area contributed by atoms with Crippen LogP contribution in [0.5, 0.6) is 0 Å². The summed E-state index contributed by atoms with van der Waals surface area (Å²) in [6.07, 6.45) is 2.95. The Morgan fingerprint density at radius 2 is 1.95 bits per heavy atom. The van der Waals surface area contributed by atoms with Crippen molar-refractivity contribution in [2.45, 2.75) is 18.1 Å². The molecule has 0 aromatic heterocycles. The Morgan fingerprint density at radius 1 is 1.32 bits per heavy atom. The Morgan fingerprint density at radius 3 is 2.47 bits per heavy atom. The number of carbonyl (C=O) groups excluding carboxylic acids is 1. The van der Waals surface area contributed by atoms with Crippen LogP contribution >= 0.6 is 0 Å². The van der Waals surface area contributed by atoms with Crippen LogP contribution in [-0.2, 0) is 9.84 Å². The maximum absolute atomic E-state index is 13.3. The Balaban J connectivity index is 2.18. The number of benzene rings is 1. The lowest BCUT2D eigenvalue weighted by Gasteiger charge is -2.33. The highest BCUT2D eigenvalue weighted by Crippen LogP contribution is 2.26. The zero-order chi connectivity index (χ0) is 14.0. The van der Waals surface area contributed by atoms with Crippen LogP contribution in [-0.4, -0.2) is 39.3 Å². The zero-order valence-electron chi connectivity index (χ0n) is 10.7. The van der Waals surface area contributed by atoms with E-state index in [1.807, 2.05) is 4.90 Å². The van der Waals surface area contributed by atoms with E-state index in [0.717, 1.165) is 0 Å². The lowest BCUT2D eigenvalue weighted by Crippen LogP contribution is -2.39. The first-order valence-electron chi connectivity index (χ1n) is 6.10. The lowest BCUT2D eigenvalue weighted by atomic mass is 10.1. The minimum Gasteiger partial charge on any atom is -0.371 e. The molecule has 1 aliphatic heterocycles. The monoisotopic (exact) mass is 285 g/mol. The summed E-state index contributed by atoms with van der Waals surface area (Å²) in [7, 11) is -3.03. The maximum Gasteiger partial charge on any atom is 0.152 e. The molecule has 1 saturated heterocycles. The second-order valence-corrected chi connectivity index (χ2v) is 7.16. The molecule has 19 heavy (non-hydrogen) atoms. The van der Waals surface area contributed by atoms with Crippen molar-refractivity contribution in [2.75, 3.05) is 24.2 Å². The Bertz CT molecular complexity index is 578. The molecule has 6 heteroatoms. The number of hydrogen-bond donors (Lipinski definition) is 0. The minimum absolute atomic E-state index is 0.336. The van der Waals surface area contributed by atoms with Crippen molar-refractivity contribution in [2.24, 2.45) is 0 Å². The smallest absolute Gasteiger partial charge is 0.152 e. The first-order chi connectivity index (χ1) is 8.91. The molecule has 4 nitrogen and oxygen atoms in total. The summed E-state index contributed by atoms with van der Waals surface area (Å²) in [6.45, 7) is 1.03. The molecule has 1 aromatic rings. The van der Waals surface area contributed by atoms with Crippen LogP contribution < -0.4 is 4.90 Å². The van der Waals surface area contributed by atoms with Crippen molar-refractivity contribution in [3.63, 3.8) is 0 Å². The molecule has 0 bridgehead atoms. The Hall–Kier alpha value is -1.43. The van der Waals surface area contributed by atoms with Gasteiger partial charge >= 0.3 is 0 Å². The third-order valence-corrected chi connectivity index (χ3v) is 5.19. The van der Waals surface area contributed by atoms with Crippen LogP contribution in [0.4, 0.5) is 10.1 Å². The quantitative estimate of drug-likeness (QED) is 0.792. The predicted octanol–water partition coefficient (Wildman–Crippen LogP) is 1.65. The highest BCUT2D eigenvalue weighted by molar-refractivity contribution is 7.91. The summed E-state index contributed by atoms with van der Waals surface area (Å²) in [5.74, 6) is -0.397. The van der Waals surface area contributed by atoms with Crippen LogP contribution in [0.2, 0.25) is 0 Å². The molecule has 0 saturated carbocycles. The van der Waals surface area contributed by atoms with E-state index >= 15 is 0 Å². The van der Waals surface area contributed by atoms with Crippen molar-refractivity contribution in [3.05, 3.63) is 29.6 Å². The van der Waals surface area contributed by atoms with Gasteiger partial charge in [-0.25, -0.2) is 12.8 Å². The fraction of sp³-hybridized carbons (Fsp3) is 0.462. The SMILES string of the molecule is CS(=O)(=O)C1CCN(c2cc(F)ccc2C=O)CC1. The number of nitrogens with zero attached hydrogens (tertiary/aromatic N) is 1. The fourth-order valence-electron chi connectivity index (χ4n) is 2.42. The molecule has 1 heterocycles. The van der Waals surface area contributed by atoms with Crippen LogP contribution in [0.15, 0.2) is 18.2 Å². The van der Waals surface area contributed by atoms with E-state index in [2.05, 4.69) is 0 Å². The van der Waals surface area contributed by atoms with Gasteiger partial charge in [0.25, 0.3) is 0 Å². The van der Waals surface area contributed by atoms with Gasteiger partial charge < -0.3 is 4.90 Å². The summed E-state index contributed by atoms with van der Waals surface area (Å²) >= 11 is 0. The molecule has 1 aliphatic rings. The van der Waals surface area contributed by atoms with Gasteiger partial charge in [0.05, 0.1) is 10.9 Å². The molecule has 1 aromatic carbocycles. The van der Waals surface area contributed by atoms with E-state index < -0.39 is 15.7 Å². The van der Waals surface area contributed by atoms with Gasteiger partial charge in [0, 0.05) is 24.9 Å². The Kier molecular flexibility index (Phi) is 3.89. The van der Waals surface area contributed by atoms with E-state index in [1.165, 1.54) is 24.5 Å². The van der Waals surface area contributed by atoms with Gasteiger partial charge in [0.1, 0.15) is 15.7 Å². The van der Waals surface area contributed by atoms with E-state index in [0.29, 0.717) is 43.5 Å². The molecule has 104 valence electrons. The number of carbonyl (C=O) groups is 1. The van der Waals surface area contributed by atoms with Gasteiger partial charge in [-0.15, -0.1) is 0 Å². The molecule has 0 spiro atoms. The number of piperidine rings is 1. The largest absolute Gasteiger partial charge is 0.371 e. The van der Waals surface area contributed by atoms with Crippen molar-refractivity contribution in [3.8, 4) is 0 Å². The first-order valence-corrected chi connectivity index (χ1v) is 8.06. The predicted molar refractivity (Wildman–Crippen MR) is 71.9 cm³/mol. The average Bonchev–Trinajstić information content (AvgIpc) is 2.38. The highest BCUT2D eigenvalue weighted by atomic mass is 32.2. The van der Waals surface area contributed by atoms with Crippen molar-refractivity contribution in [1.82, 2.24) is 0 Å². The van der Waals surface area contributed by atoms with Gasteiger partial charge in [-0.05, 0) is 31.0 Å². The fourth-order valence-corrected chi connectivity index (χ4v) is 3.48. The second-order valence-electron chi connectivity index (χ2n) is 4.84. The summed E-state index contributed by atoms with van der Waals surface area (Å²) in [5.41, 5.74) is 0.973. The number of rotatable bonds is 3. The molecule has 0 unspecified atom stereocenters. The van der Waals surface area contributed by atoms with E-state index in [-0.39, 0.29) is 5.25 Å². The standard InChI is InChI=1S/C13H16FNO3S/c1-19(17,18)12-4-6-15(7-5-12)13-8-11(14)3-2-10(13)9-16/h2-3,8-9,12H,4-7H2,1H3. The molecule has 2 rings (SSSR count). The highest BCUT2D eigenvalue weighted by Gasteiger charge is 2.27. The van der Waals surface area contributed by atoms with Crippen molar-refractivity contribution in [1.29, 1.82) is 0 Å². The van der Waals surface area contributed by atoms with Gasteiger partial charge in [-0.2, -0.15) is 0 Å². The number of halogens is 1. The van der Waals surface area contributed by atoms with Gasteiger partial charge in [0.2, 0.25) is 0 Å². The van der Waals surface area contributed by atoms with Gasteiger partial charge in [-0.1, -0.05) is 0 Å². The molecular weight excluding hydrogens is 269 g/mol. The minimum atomic E-state index is -3.03. The number of sulfone groups is 1. The van der Waals surface area contributed by atoms with Crippen LogP contribution in [0.1, 0.15) is 23.2 Å². The molecular formula is C13H16FNO3S. The number of anilines is 1. The van der Waals surface area contributed by atoms with Crippen LogP contribution in [0, 0.1) is 5.82 Å². The average molecular weight is 285 g/mol. The Labute approximate surface area is 112 Å². The van der Waals surface area contributed by atoms with E-state index in [1.54, 1.807) is 0 Å². The van der Waals surface area contributed by atoms with Crippen LogP contribution in [0.25, 0.3) is 0 Å². The second kappa shape index (κ2) is 5.28. The van der Waals surface area contributed by atoms with E-state index in [4.69, 9.17) is 0 Å². The van der Waals surface area contributed by atoms with Gasteiger partial charge in [0.15, 0.2) is 6.29 Å². The topological polar surface area (TPSA) is 54.5 Å². The van der Waals surface area contributed by atoms with Crippen molar-refractivity contribution >= 4 is 21.8 Å². The molecule has 0 atom stereocenters. The normalized spacial score (nSPS) is 17.5. The van der Waals surface area contributed by atoms with Gasteiger partial charge in [-0.3, -0.25) is 4.79 Å². The van der Waals surface area contributed by atoms with Crippen molar-refractivity contribution < 1.29 is 17.6 Å². The third-order valence-electron chi connectivity index (χ3n) is 3.51.